The first-order valence-electron chi connectivity index (χ1n) is 5.68. The fourth-order valence-corrected chi connectivity index (χ4v) is 2.58. The number of hydrogen-bond donors (Lipinski definition) is 0. The largest absolute Gasteiger partial charge is 0.454 e. The number of hydrogen-bond acceptors (Lipinski definition) is 2. The molecule has 0 saturated carbocycles. The van der Waals surface area contributed by atoms with Crippen LogP contribution in [0, 0.1) is 0 Å². The summed E-state index contributed by atoms with van der Waals surface area (Å²) >= 11 is 6.12. The third kappa shape index (κ3) is 1.21. The van der Waals surface area contributed by atoms with Crippen molar-refractivity contribution < 1.29 is 4.42 Å². The zero-order valence-corrected chi connectivity index (χ0v) is 10.1. The number of nitrogens with zero attached hydrogens (tertiary/aromatic N) is 1. The molecular weight excluding hydrogens is 246 g/mol. The quantitative estimate of drug-likeness (QED) is 0.450. The summed E-state index contributed by atoms with van der Waals surface area (Å²) in [5.74, 6) is 0. The first-order chi connectivity index (χ1) is 8.84. The second-order valence-electron chi connectivity index (χ2n) is 4.26. The Kier molecular flexibility index (Phi) is 1.91. The van der Waals surface area contributed by atoms with Crippen molar-refractivity contribution in [3.63, 3.8) is 0 Å². The molecule has 0 saturated heterocycles. The zero-order valence-electron chi connectivity index (χ0n) is 9.35. The fraction of sp³-hybridized carbons (Fsp3) is 0. The summed E-state index contributed by atoms with van der Waals surface area (Å²) in [6.45, 7) is 0. The molecule has 4 rings (SSSR count). The average molecular weight is 254 g/mol. The van der Waals surface area contributed by atoms with Gasteiger partial charge in [0.1, 0.15) is 10.6 Å². The van der Waals surface area contributed by atoms with Crippen LogP contribution >= 0.6 is 11.6 Å². The lowest BCUT2D eigenvalue weighted by molar-refractivity contribution is 0.672. The first kappa shape index (κ1) is 9.92. The van der Waals surface area contributed by atoms with Gasteiger partial charge in [-0.3, -0.25) is 4.98 Å². The molecule has 0 spiro atoms. The van der Waals surface area contributed by atoms with Crippen LogP contribution in [0.15, 0.2) is 53.2 Å². The van der Waals surface area contributed by atoms with E-state index in [0.717, 1.165) is 27.1 Å². The van der Waals surface area contributed by atoms with E-state index in [2.05, 4.69) is 29.2 Å². The van der Waals surface area contributed by atoms with Gasteiger partial charge in [-0.1, -0.05) is 41.9 Å². The zero-order chi connectivity index (χ0) is 12.1. The number of aromatic nitrogens is 1. The lowest BCUT2D eigenvalue weighted by atomic mass is 10.1. The molecule has 2 nitrogen and oxygen atoms in total. The molecule has 0 N–H and O–H groups in total. The van der Waals surface area contributed by atoms with Crippen LogP contribution in [-0.4, -0.2) is 4.98 Å². The van der Waals surface area contributed by atoms with Gasteiger partial charge in [0.25, 0.3) is 0 Å². The van der Waals surface area contributed by atoms with Crippen LogP contribution in [0.2, 0.25) is 5.02 Å². The molecule has 18 heavy (non-hydrogen) atoms. The van der Waals surface area contributed by atoms with E-state index >= 15 is 0 Å². The molecule has 0 unspecified atom stereocenters. The molecule has 3 heteroatoms. The summed E-state index contributed by atoms with van der Waals surface area (Å²) in [5.41, 5.74) is 1.58. The third-order valence-electron chi connectivity index (χ3n) is 3.23. The molecule has 0 aliphatic heterocycles. The molecule has 0 amide bonds. The van der Waals surface area contributed by atoms with E-state index in [1.165, 1.54) is 0 Å². The standard InChI is InChI=1S/C15H8ClNO/c16-13-8-17-7-12-11-6-5-9-3-1-2-4-10(9)14(11)18-15(12)13/h1-8H. The lowest BCUT2D eigenvalue weighted by Gasteiger charge is -1.96. The van der Waals surface area contributed by atoms with Crippen LogP contribution in [0.3, 0.4) is 0 Å². The maximum absolute atomic E-state index is 6.12. The Morgan fingerprint density at radius 1 is 0.833 bits per heavy atom. The van der Waals surface area contributed by atoms with E-state index < -0.39 is 0 Å². The Balaban J connectivity index is 2.33. The molecule has 0 aliphatic rings. The van der Waals surface area contributed by atoms with Crippen LogP contribution < -0.4 is 0 Å². The highest BCUT2D eigenvalue weighted by Gasteiger charge is 2.12. The second kappa shape index (κ2) is 3.47. The summed E-state index contributed by atoms with van der Waals surface area (Å²) in [4.78, 5) is 4.12. The minimum Gasteiger partial charge on any atom is -0.454 e. The van der Waals surface area contributed by atoms with Crippen molar-refractivity contribution >= 4 is 44.3 Å². The molecular formula is C15H8ClNO. The number of benzene rings is 2. The van der Waals surface area contributed by atoms with Crippen molar-refractivity contribution in [2.24, 2.45) is 0 Å². The Bertz CT molecular complexity index is 895. The van der Waals surface area contributed by atoms with Crippen molar-refractivity contribution in [1.29, 1.82) is 0 Å². The van der Waals surface area contributed by atoms with E-state index in [-0.39, 0.29) is 0 Å². The Morgan fingerprint density at radius 2 is 1.72 bits per heavy atom. The minimum absolute atomic E-state index is 0.549. The van der Waals surface area contributed by atoms with Gasteiger partial charge in [-0.2, -0.15) is 0 Å². The normalized spacial score (nSPS) is 11.6. The fourth-order valence-electron chi connectivity index (χ4n) is 2.39. The second-order valence-corrected chi connectivity index (χ2v) is 4.67. The summed E-state index contributed by atoms with van der Waals surface area (Å²) in [6.07, 6.45) is 3.40. The third-order valence-corrected chi connectivity index (χ3v) is 3.50. The maximum atomic E-state index is 6.12. The monoisotopic (exact) mass is 253 g/mol. The van der Waals surface area contributed by atoms with Gasteiger partial charge in [0.2, 0.25) is 0 Å². The highest BCUT2D eigenvalue weighted by atomic mass is 35.5. The van der Waals surface area contributed by atoms with Crippen molar-refractivity contribution in [1.82, 2.24) is 4.98 Å². The number of halogens is 1. The van der Waals surface area contributed by atoms with Gasteiger partial charge in [-0.25, -0.2) is 0 Å². The Morgan fingerprint density at radius 3 is 2.67 bits per heavy atom. The van der Waals surface area contributed by atoms with Gasteiger partial charge in [-0.15, -0.1) is 0 Å². The summed E-state index contributed by atoms with van der Waals surface area (Å²) in [7, 11) is 0. The summed E-state index contributed by atoms with van der Waals surface area (Å²) in [6, 6.07) is 12.3. The molecule has 0 fully saturated rings. The molecule has 4 aromatic rings. The number of pyridine rings is 1. The first-order valence-corrected chi connectivity index (χ1v) is 6.06. The molecule has 2 aromatic carbocycles. The SMILES string of the molecule is Clc1cncc2c1oc1c3ccccc3ccc21. The summed E-state index contributed by atoms with van der Waals surface area (Å²) < 4.78 is 5.92. The number of furan rings is 1. The van der Waals surface area contributed by atoms with Gasteiger partial charge in [0.05, 0.1) is 0 Å². The smallest absolute Gasteiger partial charge is 0.157 e. The van der Waals surface area contributed by atoms with Crippen molar-refractivity contribution in [2.45, 2.75) is 0 Å². The molecule has 0 aliphatic carbocycles. The molecule has 0 atom stereocenters. The highest BCUT2D eigenvalue weighted by molar-refractivity contribution is 6.35. The van der Waals surface area contributed by atoms with E-state index in [9.17, 15) is 0 Å². The molecule has 86 valence electrons. The van der Waals surface area contributed by atoms with Crippen molar-refractivity contribution in [3.05, 3.63) is 53.8 Å². The predicted molar refractivity (Wildman–Crippen MR) is 74.0 cm³/mol. The highest BCUT2D eigenvalue weighted by Crippen LogP contribution is 2.35. The Labute approximate surface area is 108 Å². The summed E-state index contributed by atoms with van der Waals surface area (Å²) in [5, 5.41) is 4.82. The van der Waals surface area contributed by atoms with Crippen LogP contribution in [0.5, 0.6) is 0 Å². The van der Waals surface area contributed by atoms with Crippen LogP contribution in [-0.2, 0) is 0 Å². The molecule has 0 radical (unpaired) electrons. The molecule has 2 aromatic heterocycles. The van der Waals surface area contributed by atoms with Gasteiger partial charge in [0.15, 0.2) is 5.58 Å². The maximum Gasteiger partial charge on any atom is 0.157 e. The molecule has 0 bridgehead atoms. The number of rotatable bonds is 0. The topological polar surface area (TPSA) is 26.0 Å². The van der Waals surface area contributed by atoms with Gasteiger partial charge < -0.3 is 4.42 Å². The van der Waals surface area contributed by atoms with Gasteiger partial charge in [-0.05, 0) is 11.5 Å². The minimum atomic E-state index is 0.549. The van der Waals surface area contributed by atoms with E-state index in [1.807, 2.05) is 12.1 Å². The van der Waals surface area contributed by atoms with Crippen LogP contribution in [0.1, 0.15) is 0 Å². The lowest BCUT2D eigenvalue weighted by Crippen LogP contribution is -1.73. The predicted octanol–water partition coefficient (Wildman–Crippen LogP) is 4.79. The van der Waals surface area contributed by atoms with E-state index in [1.54, 1.807) is 12.4 Å². The number of fused-ring (bicyclic) bond motifs is 5. The molecule has 2 heterocycles. The van der Waals surface area contributed by atoms with Gasteiger partial charge in [0, 0.05) is 28.6 Å². The Hall–Kier alpha value is -2.06. The average Bonchev–Trinajstić information content (AvgIpc) is 2.79. The van der Waals surface area contributed by atoms with Crippen LogP contribution in [0.4, 0.5) is 0 Å². The van der Waals surface area contributed by atoms with E-state index in [4.69, 9.17) is 16.0 Å². The van der Waals surface area contributed by atoms with E-state index in [0.29, 0.717) is 10.6 Å². The van der Waals surface area contributed by atoms with Gasteiger partial charge >= 0.3 is 0 Å². The van der Waals surface area contributed by atoms with Crippen molar-refractivity contribution in [3.8, 4) is 0 Å². The van der Waals surface area contributed by atoms with Crippen molar-refractivity contribution in [2.75, 3.05) is 0 Å². The van der Waals surface area contributed by atoms with Crippen LogP contribution in [0.25, 0.3) is 32.7 Å².